The fourth-order valence-electron chi connectivity index (χ4n) is 2.31. The molecule has 0 saturated heterocycles. The second-order valence-electron chi connectivity index (χ2n) is 4.50. The molecule has 0 amide bonds. The zero-order valence-corrected chi connectivity index (χ0v) is 10.0. The first-order valence-corrected chi connectivity index (χ1v) is 6.28. The minimum atomic E-state index is 0.205. The van der Waals surface area contributed by atoms with Crippen molar-refractivity contribution in [3.63, 3.8) is 0 Å². The molecule has 0 radical (unpaired) electrons. The number of rotatable bonds is 3. The van der Waals surface area contributed by atoms with Gasteiger partial charge in [0.25, 0.3) is 0 Å². The van der Waals surface area contributed by atoms with E-state index in [1.165, 1.54) is 32.1 Å². The lowest BCUT2D eigenvalue weighted by atomic mass is 9.85. The molecule has 86 valence electrons. The number of carbonyl (C=O) groups excluding carboxylic acids is 1. The van der Waals surface area contributed by atoms with E-state index < -0.39 is 0 Å². The van der Waals surface area contributed by atoms with Crippen LogP contribution in [0, 0.1) is 5.92 Å². The normalized spacial score (nSPS) is 17.3. The van der Waals surface area contributed by atoms with Gasteiger partial charge in [0.05, 0.1) is 0 Å². The number of halogens is 1. The number of hydrogen-bond acceptors (Lipinski definition) is 2. The minimum absolute atomic E-state index is 0.205. The third kappa shape index (κ3) is 3.05. The molecule has 1 fully saturated rings. The van der Waals surface area contributed by atoms with Crippen molar-refractivity contribution >= 4 is 17.4 Å². The summed E-state index contributed by atoms with van der Waals surface area (Å²) in [6, 6.07) is 3.44. The summed E-state index contributed by atoms with van der Waals surface area (Å²) >= 11 is 5.69. The lowest BCUT2D eigenvalue weighted by molar-refractivity contribution is 0.0950. The van der Waals surface area contributed by atoms with Crippen molar-refractivity contribution in [2.45, 2.75) is 38.5 Å². The standard InChI is InChI=1S/C13H16ClNO/c14-13-7-6-11(9-15-13)12(16)8-10-4-2-1-3-5-10/h6-7,9-10H,1-5,8H2. The number of carbonyl (C=O) groups is 1. The van der Waals surface area contributed by atoms with E-state index >= 15 is 0 Å². The van der Waals surface area contributed by atoms with Crippen molar-refractivity contribution in [3.05, 3.63) is 29.0 Å². The van der Waals surface area contributed by atoms with Crippen LogP contribution < -0.4 is 0 Å². The fourth-order valence-corrected chi connectivity index (χ4v) is 2.42. The van der Waals surface area contributed by atoms with Crippen LogP contribution in [0.3, 0.4) is 0 Å². The lowest BCUT2D eigenvalue weighted by Crippen LogP contribution is -2.12. The first kappa shape index (κ1) is 11.6. The van der Waals surface area contributed by atoms with E-state index in [2.05, 4.69) is 4.98 Å². The number of pyridine rings is 1. The molecule has 1 saturated carbocycles. The lowest BCUT2D eigenvalue weighted by Gasteiger charge is -2.20. The first-order valence-electron chi connectivity index (χ1n) is 5.90. The molecule has 1 aliphatic rings. The van der Waals surface area contributed by atoms with Crippen LogP contribution in [0.2, 0.25) is 5.15 Å². The van der Waals surface area contributed by atoms with Gasteiger partial charge in [-0.2, -0.15) is 0 Å². The van der Waals surface area contributed by atoms with E-state index in [-0.39, 0.29) is 5.78 Å². The quantitative estimate of drug-likeness (QED) is 0.590. The summed E-state index contributed by atoms with van der Waals surface area (Å²) in [6.07, 6.45) is 8.52. The van der Waals surface area contributed by atoms with Crippen molar-refractivity contribution < 1.29 is 4.79 Å². The van der Waals surface area contributed by atoms with Gasteiger partial charge in [0.2, 0.25) is 0 Å². The maximum absolute atomic E-state index is 11.9. The average molecular weight is 238 g/mol. The number of Topliss-reactive ketones (excluding diaryl/α,β-unsaturated/α-hetero) is 1. The molecule has 0 unspecified atom stereocenters. The Hall–Kier alpha value is -0.890. The molecular formula is C13H16ClNO. The zero-order valence-electron chi connectivity index (χ0n) is 9.29. The monoisotopic (exact) mass is 237 g/mol. The summed E-state index contributed by atoms with van der Waals surface area (Å²) < 4.78 is 0. The van der Waals surface area contributed by atoms with Crippen LogP contribution in [0.1, 0.15) is 48.9 Å². The topological polar surface area (TPSA) is 30.0 Å². The van der Waals surface area contributed by atoms with E-state index in [1.807, 2.05) is 0 Å². The molecule has 0 N–H and O–H groups in total. The van der Waals surface area contributed by atoms with Crippen LogP contribution in [0.25, 0.3) is 0 Å². The molecule has 1 heterocycles. The highest BCUT2D eigenvalue weighted by Crippen LogP contribution is 2.27. The van der Waals surface area contributed by atoms with Crippen molar-refractivity contribution in [3.8, 4) is 0 Å². The number of ketones is 1. The predicted octanol–water partition coefficient (Wildman–Crippen LogP) is 3.89. The summed E-state index contributed by atoms with van der Waals surface area (Å²) in [5, 5.41) is 0.439. The molecule has 3 heteroatoms. The number of hydrogen-bond donors (Lipinski definition) is 0. The zero-order chi connectivity index (χ0) is 11.4. The van der Waals surface area contributed by atoms with Gasteiger partial charge in [-0.1, -0.05) is 43.7 Å². The molecule has 1 aromatic rings. The van der Waals surface area contributed by atoms with E-state index in [0.29, 0.717) is 23.1 Å². The summed E-state index contributed by atoms with van der Waals surface area (Å²) in [7, 11) is 0. The molecule has 0 aliphatic heterocycles. The Morgan fingerprint density at radius 3 is 2.69 bits per heavy atom. The average Bonchev–Trinajstić information content (AvgIpc) is 2.31. The molecule has 2 rings (SSSR count). The fraction of sp³-hybridized carbons (Fsp3) is 0.538. The Balaban J connectivity index is 1.94. The second-order valence-corrected chi connectivity index (χ2v) is 4.89. The highest BCUT2D eigenvalue weighted by molar-refractivity contribution is 6.29. The van der Waals surface area contributed by atoms with Crippen LogP contribution >= 0.6 is 11.6 Å². The van der Waals surface area contributed by atoms with E-state index in [9.17, 15) is 4.79 Å². The van der Waals surface area contributed by atoms with Gasteiger partial charge in [-0.15, -0.1) is 0 Å². The van der Waals surface area contributed by atoms with Crippen LogP contribution in [0.15, 0.2) is 18.3 Å². The minimum Gasteiger partial charge on any atom is -0.294 e. The van der Waals surface area contributed by atoms with E-state index in [4.69, 9.17) is 11.6 Å². The van der Waals surface area contributed by atoms with Crippen molar-refractivity contribution in [2.75, 3.05) is 0 Å². The molecule has 0 atom stereocenters. The summed E-state index contributed by atoms with van der Waals surface area (Å²) in [6.45, 7) is 0. The SMILES string of the molecule is O=C(CC1CCCCC1)c1ccc(Cl)nc1. The Morgan fingerprint density at radius 2 is 2.06 bits per heavy atom. The maximum Gasteiger partial charge on any atom is 0.164 e. The molecular weight excluding hydrogens is 222 g/mol. The van der Waals surface area contributed by atoms with E-state index in [0.717, 1.165) is 0 Å². The first-order chi connectivity index (χ1) is 7.75. The van der Waals surface area contributed by atoms with Gasteiger partial charge in [0, 0.05) is 18.2 Å². The Morgan fingerprint density at radius 1 is 1.31 bits per heavy atom. The Labute approximate surface area is 101 Å². The third-order valence-electron chi connectivity index (χ3n) is 3.25. The molecule has 0 aromatic carbocycles. The molecule has 2 nitrogen and oxygen atoms in total. The van der Waals surface area contributed by atoms with Crippen LogP contribution in [0.4, 0.5) is 0 Å². The van der Waals surface area contributed by atoms with Crippen molar-refractivity contribution in [1.29, 1.82) is 0 Å². The highest BCUT2D eigenvalue weighted by atomic mass is 35.5. The van der Waals surface area contributed by atoms with Crippen molar-refractivity contribution in [1.82, 2.24) is 4.98 Å². The molecule has 1 aliphatic carbocycles. The molecule has 1 aromatic heterocycles. The molecule has 0 bridgehead atoms. The largest absolute Gasteiger partial charge is 0.294 e. The van der Waals surface area contributed by atoms with E-state index in [1.54, 1.807) is 18.3 Å². The van der Waals surface area contributed by atoms with Crippen LogP contribution in [0.5, 0.6) is 0 Å². The highest BCUT2D eigenvalue weighted by Gasteiger charge is 2.17. The van der Waals surface area contributed by atoms with Gasteiger partial charge in [-0.3, -0.25) is 4.79 Å². The number of nitrogens with zero attached hydrogens (tertiary/aromatic N) is 1. The Bertz CT molecular complexity index is 355. The summed E-state index contributed by atoms with van der Waals surface area (Å²) in [4.78, 5) is 15.9. The van der Waals surface area contributed by atoms with Gasteiger partial charge in [-0.05, 0) is 18.1 Å². The van der Waals surface area contributed by atoms with Crippen molar-refractivity contribution in [2.24, 2.45) is 5.92 Å². The van der Waals surface area contributed by atoms with Crippen LogP contribution in [-0.4, -0.2) is 10.8 Å². The maximum atomic E-state index is 11.9. The smallest absolute Gasteiger partial charge is 0.164 e. The van der Waals surface area contributed by atoms with Gasteiger partial charge in [-0.25, -0.2) is 4.98 Å². The number of aromatic nitrogens is 1. The molecule has 0 spiro atoms. The van der Waals surface area contributed by atoms with Gasteiger partial charge >= 0.3 is 0 Å². The van der Waals surface area contributed by atoms with Gasteiger partial charge < -0.3 is 0 Å². The second kappa shape index (κ2) is 5.44. The summed E-state index contributed by atoms with van der Waals surface area (Å²) in [5.74, 6) is 0.785. The third-order valence-corrected chi connectivity index (χ3v) is 3.47. The predicted molar refractivity (Wildman–Crippen MR) is 64.8 cm³/mol. The van der Waals surface area contributed by atoms with Gasteiger partial charge in [0.1, 0.15) is 5.15 Å². The van der Waals surface area contributed by atoms with Gasteiger partial charge in [0.15, 0.2) is 5.78 Å². The summed E-state index contributed by atoms with van der Waals surface area (Å²) in [5.41, 5.74) is 0.690. The molecule has 16 heavy (non-hydrogen) atoms. The van der Waals surface area contributed by atoms with Crippen LogP contribution in [-0.2, 0) is 0 Å². The Kier molecular flexibility index (Phi) is 3.94.